The number of hydrogen-bond donors (Lipinski definition) is 0. The van der Waals surface area contributed by atoms with Crippen LogP contribution in [0.4, 0.5) is 4.39 Å². The van der Waals surface area contributed by atoms with Gasteiger partial charge in [-0.2, -0.15) is 0 Å². The largest absolute Gasteiger partial charge is 0.207 e. The summed E-state index contributed by atoms with van der Waals surface area (Å²) in [5.74, 6) is -0.279. The summed E-state index contributed by atoms with van der Waals surface area (Å²) < 4.78 is 14.6. The van der Waals surface area contributed by atoms with Crippen LogP contribution in [0.15, 0.2) is 45.3 Å². The Hall–Kier alpha value is -0.380. The molecule has 0 saturated carbocycles. The molecular formula is C12H6Br2ClF. The average molecular weight is 364 g/mol. The Balaban J connectivity index is 2.68. The molecule has 0 aliphatic heterocycles. The minimum Gasteiger partial charge on any atom is -0.207 e. The molecular weight excluding hydrogens is 358 g/mol. The zero-order valence-electron chi connectivity index (χ0n) is 7.98. The normalized spacial score (nSPS) is 10.5. The Labute approximate surface area is 115 Å². The predicted molar refractivity (Wildman–Crippen MR) is 72.2 cm³/mol. The van der Waals surface area contributed by atoms with Crippen LogP contribution >= 0.6 is 43.5 Å². The van der Waals surface area contributed by atoms with Crippen molar-refractivity contribution in [1.29, 1.82) is 0 Å². The van der Waals surface area contributed by atoms with Crippen molar-refractivity contribution in [2.45, 2.75) is 0 Å². The molecule has 82 valence electrons. The zero-order valence-corrected chi connectivity index (χ0v) is 11.9. The topological polar surface area (TPSA) is 0 Å². The second-order valence-corrected chi connectivity index (χ2v) is 5.34. The van der Waals surface area contributed by atoms with Gasteiger partial charge in [-0.25, -0.2) is 4.39 Å². The lowest BCUT2D eigenvalue weighted by molar-refractivity contribution is 0.627. The summed E-state index contributed by atoms with van der Waals surface area (Å²) in [7, 11) is 0. The second-order valence-electron chi connectivity index (χ2n) is 3.22. The van der Waals surface area contributed by atoms with Crippen molar-refractivity contribution in [1.82, 2.24) is 0 Å². The lowest BCUT2D eigenvalue weighted by Crippen LogP contribution is -1.85. The minimum atomic E-state index is -0.279. The zero-order chi connectivity index (χ0) is 11.7. The maximum absolute atomic E-state index is 13.0. The van der Waals surface area contributed by atoms with Gasteiger partial charge in [0.2, 0.25) is 0 Å². The maximum Gasteiger partial charge on any atom is 0.124 e. The van der Waals surface area contributed by atoms with Crippen LogP contribution < -0.4 is 0 Å². The highest BCUT2D eigenvalue weighted by Crippen LogP contribution is 2.38. The first kappa shape index (κ1) is 12.1. The summed E-state index contributed by atoms with van der Waals surface area (Å²) in [5, 5.41) is 0.627. The number of benzene rings is 2. The highest BCUT2D eigenvalue weighted by Gasteiger charge is 2.11. The van der Waals surface area contributed by atoms with E-state index in [1.165, 1.54) is 12.1 Å². The molecule has 0 spiro atoms. The van der Waals surface area contributed by atoms with Crippen LogP contribution in [0.1, 0.15) is 0 Å². The average Bonchev–Trinajstić information content (AvgIpc) is 2.20. The molecule has 0 bridgehead atoms. The van der Waals surface area contributed by atoms with Crippen LogP contribution in [0.3, 0.4) is 0 Å². The Morgan fingerprint density at radius 3 is 2.38 bits per heavy atom. The molecule has 2 aromatic rings. The fourth-order valence-corrected chi connectivity index (χ4v) is 2.97. The molecule has 0 fully saturated rings. The molecule has 0 N–H and O–H groups in total. The molecule has 4 heteroatoms. The van der Waals surface area contributed by atoms with Crippen LogP contribution in [0.2, 0.25) is 5.02 Å². The van der Waals surface area contributed by atoms with Gasteiger partial charge in [0.15, 0.2) is 0 Å². The van der Waals surface area contributed by atoms with E-state index < -0.39 is 0 Å². The van der Waals surface area contributed by atoms with Gasteiger partial charge in [0, 0.05) is 19.5 Å². The first-order valence-electron chi connectivity index (χ1n) is 4.49. The summed E-state index contributed by atoms with van der Waals surface area (Å²) in [4.78, 5) is 0. The predicted octanol–water partition coefficient (Wildman–Crippen LogP) is 5.67. The Morgan fingerprint density at radius 2 is 1.75 bits per heavy atom. The van der Waals surface area contributed by atoms with Crippen LogP contribution in [0, 0.1) is 5.82 Å². The summed E-state index contributed by atoms with van der Waals surface area (Å²) in [6.07, 6.45) is 0. The van der Waals surface area contributed by atoms with Crippen molar-refractivity contribution >= 4 is 43.5 Å². The lowest BCUT2D eigenvalue weighted by Gasteiger charge is -2.09. The fraction of sp³-hybridized carbons (Fsp3) is 0. The van der Waals surface area contributed by atoms with Crippen molar-refractivity contribution in [2.24, 2.45) is 0 Å². The first-order chi connectivity index (χ1) is 7.59. The molecule has 0 unspecified atom stereocenters. The van der Waals surface area contributed by atoms with E-state index in [9.17, 15) is 4.39 Å². The fourth-order valence-electron chi connectivity index (χ4n) is 1.45. The van der Waals surface area contributed by atoms with E-state index in [4.69, 9.17) is 11.6 Å². The van der Waals surface area contributed by atoms with Gasteiger partial charge in [-0.15, -0.1) is 0 Å². The van der Waals surface area contributed by atoms with Crippen molar-refractivity contribution in [2.75, 3.05) is 0 Å². The molecule has 0 heterocycles. The molecule has 2 aromatic carbocycles. The van der Waals surface area contributed by atoms with Gasteiger partial charge >= 0.3 is 0 Å². The first-order valence-corrected chi connectivity index (χ1v) is 6.45. The van der Waals surface area contributed by atoms with E-state index in [2.05, 4.69) is 31.9 Å². The van der Waals surface area contributed by atoms with Crippen LogP contribution in [0.5, 0.6) is 0 Å². The molecule has 0 aromatic heterocycles. The number of hydrogen-bond acceptors (Lipinski definition) is 0. The van der Waals surface area contributed by atoms with Crippen molar-refractivity contribution < 1.29 is 4.39 Å². The second kappa shape index (κ2) is 4.86. The quantitative estimate of drug-likeness (QED) is 0.611. The van der Waals surface area contributed by atoms with E-state index in [0.717, 1.165) is 15.6 Å². The molecule has 0 aliphatic carbocycles. The summed E-state index contributed by atoms with van der Waals surface area (Å²) in [6.45, 7) is 0. The van der Waals surface area contributed by atoms with Gasteiger partial charge in [-0.05, 0) is 29.8 Å². The SMILES string of the molecule is Fc1ccc(-c2c(Cl)cccc2Br)c(Br)c1. The third-order valence-corrected chi connectivity index (χ3v) is 3.80. The van der Waals surface area contributed by atoms with Crippen LogP contribution in [-0.4, -0.2) is 0 Å². The third kappa shape index (κ3) is 2.31. The Morgan fingerprint density at radius 1 is 1.00 bits per heavy atom. The van der Waals surface area contributed by atoms with Gasteiger partial charge in [-0.1, -0.05) is 55.6 Å². The molecule has 0 saturated heterocycles. The Bertz CT molecular complexity index is 520. The maximum atomic E-state index is 13.0. The van der Waals surface area contributed by atoms with Crippen LogP contribution in [0.25, 0.3) is 11.1 Å². The molecule has 2 rings (SSSR count). The molecule has 0 radical (unpaired) electrons. The van der Waals surface area contributed by atoms with Gasteiger partial charge < -0.3 is 0 Å². The van der Waals surface area contributed by atoms with E-state index >= 15 is 0 Å². The van der Waals surface area contributed by atoms with Crippen LogP contribution in [-0.2, 0) is 0 Å². The third-order valence-electron chi connectivity index (χ3n) is 2.16. The smallest absolute Gasteiger partial charge is 0.124 e. The van der Waals surface area contributed by atoms with Gasteiger partial charge in [0.25, 0.3) is 0 Å². The van der Waals surface area contributed by atoms with Crippen molar-refractivity contribution in [3.63, 3.8) is 0 Å². The summed E-state index contributed by atoms with van der Waals surface area (Å²) in [5.41, 5.74) is 1.72. The summed E-state index contributed by atoms with van der Waals surface area (Å²) >= 11 is 12.9. The number of rotatable bonds is 1. The summed E-state index contributed by atoms with van der Waals surface area (Å²) in [6, 6.07) is 10.1. The molecule has 0 amide bonds. The van der Waals surface area contributed by atoms with E-state index in [-0.39, 0.29) is 5.82 Å². The lowest BCUT2D eigenvalue weighted by atomic mass is 10.1. The van der Waals surface area contributed by atoms with Crippen molar-refractivity contribution in [3.05, 3.63) is 56.2 Å². The van der Waals surface area contributed by atoms with E-state index in [0.29, 0.717) is 9.50 Å². The molecule has 0 nitrogen and oxygen atoms in total. The van der Waals surface area contributed by atoms with Gasteiger partial charge in [-0.3, -0.25) is 0 Å². The van der Waals surface area contributed by atoms with Gasteiger partial charge in [0.1, 0.15) is 5.82 Å². The van der Waals surface area contributed by atoms with Crippen molar-refractivity contribution in [3.8, 4) is 11.1 Å². The van der Waals surface area contributed by atoms with E-state index in [1.54, 1.807) is 12.1 Å². The Kier molecular flexibility index (Phi) is 3.67. The molecule has 16 heavy (non-hydrogen) atoms. The number of halogens is 4. The highest BCUT2D eigenvalue weighted by molar-refractivity contribution is 9.11. The molecule has 0 aliphatic rings. The standard InChI is InChI=1S/C12H6Br2ClF/c13-9-2-1-3-11(15)12(9)8-5-4-7(16)6-10(8)14/h1-6H. The van der Waals surface area contributed by atoms with Gasteiger partial charge in [0.05, 0.1) is 0 Å². The monoisotopic (exact) mass is 362 g/mol. The minimum absolute atomic E-state index is 0.279. The molecule has 0 atom stereocenters. The highest BCUT2D eigenvalue weighted by atomic mass is 79.9. The van der Waals surface area contributed by atoms with E-state index in [1.807, 2.05) is 12.1 Å².